The van der Waals surface area contributed by atoms with E-state index in [2.05, 4.69) is 13.0 Å². The van der Waals surface area contributed by atoms with E-state index in [1.807, 2.05) is 6.26 Å². The number of hydrogen-bond acceptors (Lipinski definition) is 1. The number of rotatable bonds is 0. The summed E-state index contributed by atoms with van der Waals surface area (Å²) in [5, 5.41) is 0. The van der Waals surface area contributed by atoms with E-state index in [9.17, 15) is 0 Å². The van der Waals surface area contributed by atoms with Crippen LogP contribution in [0.5, 0.6) is 0 Å². The smallest absolute Gasteiger partial charge is 0.117 e. The van der Waals surface area contributed by atoms with Crippen LogP contribution in [0.2, 0.25) is 0 Å². The Bertz CT molecular complexity index is 213. The fourth-order valence-electron chi connectivity index (χ4n) is 1.93. The minimum Gasteiger partial charge on any atom is -0.494 e. The van der Waals surface area contributed by atoms with Crippen LogP contribution in [-0.2, 0) is 4.74 Å². The highest BCUT2D eigenvalue weighted by Gasteiger charge is 2.19. The molecule has 0 saturated carbocycles. The SMILES string of the molecule is CC1OC=CC2=C1CCCC2. The first-order valence-electron chi connectivity index (χ1n) is 4.42. The van der Waals surface area contributed by atoms with Gasteiger partial charge < -0.3 is 4.74 Å². The van der Waals surface area contributed by atoms with Crippen LogP contribution < -0.4 is 0 Å². The lowest BCUT2D eigenvalue weighted by molar-refractivity contribution is 0.180. The lowest BCUT2D eigenvalue weighted by Gasteiger charge is -2.26. The van der Waals surface area contributed by atoms with Gasteiger partial charge in [0.15, 0.2) is 0 Å². The fourth-order valence-corrected chi connectivity index (χ4v) is 1.93. The van der Waals surface area contributed by atoms with E-state index in [1.54, 1.807) is 5.57 Å². The van der Waals surface area contributed by atoms with Crippen molar-refractivity contribution >= 4 is 0 Å². The van der Waals surface area contributed by atoms with Crippen molar-refractivity contribution in [2.75, 3.05) is 0 Å². The van der Waals surface area contributed by atoms with Gasteiger partial charge in [0.1, 0.15) is 6.10 Å². The number of ether oxygens (including phenoxy) is 1. The highest BCUT2D eigenvalue weighted by molar-refractivity contribution is 5.31. The first kappa shape index (κ1) is 6.96. The summed E-state index contributed by atoms with van der Waals surface area (Å²) in [6, 6.07) is 0. The Morgan fingerprint density at radius 3 is 3.00 bits per heavy atom. The van der Waals surface area contributed by atoms with Gasteiger partial charge in [0.05, 0.1) is 6.26 Å². The molecule has 0 fully saturated rings. The van der Waals surface area contributed by atoms with Crippen LogP contribution in [-0.4, -0.2) is 6.10 Å². The lowest BCUT2D eigenvalue weighted by Crippen LogP contribution is -2.16. The molecule has 0 N–H and O–H groups in total. The van der Waals surface area contributed by atoms with Crippen LogP contribution in [0.3, 0.4) is 0 Å². The van der Waals surface area contributed by atoms with E-state index < -0.39 is 0 Å². The molecule has 0 amide bonds. The predicted molar refractivity (Wildman–Crippen MR) is 45.2 cm³/mol. The molecular formula is C10H14O. The van der Waals surface area contributed by atoms with Crippen LogP contribution in [0.4, 0.5) is 0 Å². The summed E-state index contributed by atoms with van der Waals surface area (Å²) in [6.07, 6.45) is 9.54. The minimum absolute atomic E-state index is 0.343. The fraction of sp³-hybridized carbons (Fsp3) is 0.600. The molecule has 60 valence electrons. The Kier molecular flexibility index (Phi) is 1.72. The maximum absolute atomic E-state index is 5.41. The molecule has 1 heterocycles. The molecule has 2 aliphatic rings. The molecule has 1 nitrogen and oxygen atoms in total. The molecule has 0 bridgehead atoms. The maximum atomic E-state index is 5.41. The zero-order valence-corrected chi connectivity index (χ0v) is 6.97. The third-order valence-electron chi connectivity index (χ3n) is 2.60. The molecule has 1 heteroatoms. The van der Waals surface area contributed by atoms with Gasteiger partial charge in [-0.05, 0) is 49.8 Å². The average molecular weight is 150 g/mol. The molecular weight excluding hydrogens is 136 g/mol. The second-order valence-corrected chi connectivity index (χ2v) is 3.34. The van der Waals surface area contributed by atoms with Crippen LogP contribution in [0.15, 0.2) is 23.5 Å². The molecule has 1 unspecified atom stereocenters. The van der Waals surface area contributed by atoms with Gasteiger partial charge in [-0.25, -0.2) is 0 Å². The van der Waals surface area contributed by atoms with Crippen LogP contribution in [0.25, 0.3) is 0 Å². The van der Waals surface area contributed by atoms with Gasteiger partial charge in [-0.3, -0.25) is 0 Å². The van der Waals surface area contributed by atoms with Crippen LogP contribution in [0, 0.1) is 0 Å². The summed E-state index contributed by atoms with van der Waals surface area (Å²) >= 11 is 0. The van der Waals surface area contributed by atoms with Gasteiger partial charge >= 0.3 is 0 Å². The summed E-state index contributed by atoms with van der Waals surface area (Å²) in [5.41, 5.74) is 3.08. The first-order chi connectivity index (χ1) is 5.38. The highest BCUT2D eigenvalue weighted by Crippen LogP contribution is 2.31. The van der Waals surface area contributed by atoms with Gasteiger partial charge in [-0.2, -0.15) is 0 Å². The van der Waals surface area contributed by atoms with Gasteiger partial charge in [-0.15, -0.1) is 0 Å². The van der Waals surface area contributed by atoms with E-state index in [0.717, 1.165) is 0 Å². The van der Waals surface area contributed by atoms with Crippen molar-refractivity contribution in [1.29, 1.82) is 0 Å². The van der Waals surface area contributed by atoms with E-state index in [-0.39, 0.29) is 0 Å². The van der Waals surface area contributed by atoms with E-state index >= 15 is 0 Å². The largest absolute Gasteiger partial charge is 0.494 e. The molecule has 11 heavy (non-hydrogen) atoms. The normalized spacial score (nSPS) is 29.7. The number of allylic oxidation sites excluding steroid dienone is 2. The molecule has 0 aromatic rings. The van der Waals surface area contributed by atoms with Crippen LogP contribution >= 0.6 is 0 Å². The van der Waals surface area contributed by atoms with Crippen molar-refractivity contribution in [3.05, 3.63) is 23.5 Å². The minimum atomic E-state index is 0.343. The zero-order chi connectivity index (χ0) is 7.68. The molecule has 0 spiro atoms. The van der Waals surface area contributed by atoms with E-state index in [0.29, 0.717) is 6.10 Å². The Labute approximate surface area is 67.7 Å². The van der Waals surface area contributed by atoms with Crippen molar-refractivity contribution in [1.82, 2.24) is 0 Å². The summed E-state index contributed by atoms with van der Waals surface area (Å²) in [5.74, 6) is 0. The van der Waals surface area contributed by atoms with E-state index in [1.165, 1.54) is 31.3 Å². The predicted octanol–water partition coefficient (Wildman–Crippen LogP) is 2.79. The monoisotopic (exact) mass is 150 g/mol. The van der Waals surface area contributed by atoms with Gasteiger partial charge in [-0.1, -0.05) is 0 Å². The van der Waals surface area contributed by atoms with E-state index in [4.69, 9.17) is 4.74 Å². The Morgan fingerprint density at radius 2 is 2.18 bits per heavy atom. The second kappa shape index (κ2) is 2.72. The lowest BCUT2D eigenvalue weighted by atomic mass is 9.88. The standard InChI is InChI=1S/C10H14O/c1-8-10-5-3-2-4-9(10)6-7-11-8/h6-8H,2-5H2,1H3. The van der Waals surface area contributed by atoms with Crippen molar-refractivity contribution < 1.29 is 4.74 Å². The highest BCUT2D eigenvalue weighted by atomic mass is 16.5. The zero-order valence-electron chi connectivity index (χ0n) is 6.97. The van der Waals surface area contributed by atoms with Crippen molar-refractivity contribution in [2.45, 2.75) is 38.7 Å². The van der Waals surface area contributed by atoms with Crippen molar-refractivity contribution in [3.8, 4) is 0 Å². The third-order valence-corrected chi connectivity index (χ3v) is 2.60. The summed E-state index contributed by atoms with van der Waals surface area (Å²) < 4.78 is 5.41. The number of hydrogen-bond donors (Lipinski definition) is 0. The Balaban J connectivity index is 2.27. The molecule has 0 radical (unpaired) electrons. The van der Waals surface area contributed by atoms with Gasteiger partial charge in [0.2, 0.25) is 0 Å². The summed E-state index contributed by atoms with van der Waals surface area (Å²) in [6.45, 7) is 2.14. The van der Waals surface area contributed by atoms with Crippen molar-refractivity contribution in [3.63, 3.8) is 0 Å². The third kappa shape index (κ3) is 1.20. The second-order valence-electron chi connectivity index (χ2n) is 3.34. The van der Waals surface area contributed by atoms with Gasteiger partial charge in [0, 0.05) is 0 Å². The molecule has 1 aliphatic heterocycles. The molecule has 2 rings (SSSR count). The molecule has 0 aromatic carbocycles. The topological polar surface area (TPSA) is 9.23 Å². The summed E-state index contributed by atoms with van der Waals surface area (Å²) in [7, 11) is 0. The van der Waals surface area contributed by atoms with Crippen LogP contribution in [0.1, 0.15) is 32.6 Å². The molecule has 1 aliphatic carbocycles. The maximum Gasteiger partial charge on any atom is 0.117 e. The molecule has 0 saturated heterocycles. The van der Waals surface area contributed by atoms with Gasteiger partial charge in [0.25, 0.3) is 0 Å². The average Bonchev–Trinajstić information content (AvgIpc) is 2.06. The first-order valence-corrected chi connectivity index (χ1v) is 4.42. The quantitative estimate of drug-likeness (QED) is 0.516. The Morgan fingerprint density at radius 1 is 1.36 bits per heavy atom. The Hall–Kier alpha value is -0.720. The molecule has 1 atom stereocenters. The molecule has 0 aromatic heterocycles. The summed E-state index contributed by atoms with van der Waals surface area (Å²) in [4.78, 5) is 0. The van der Waals surface area contributed by atoms with Crippen molar-refractivity contribution in [2.24, 2.45) is 0 Å².